The third-order valence-corrected chi connectivity index (χ3v) is 15.5. The summed E-state index contributed by atoms with van der Waals surface area (Å²) in [5.74, 6) is -6.93. The van der Waals surface area contributed by atoms with Crippen molar-refractivity contribution in [2.24, 2.45) is 47.3 Å². The van der Waals surface area contributed by atoms with Crippen molar-refractivity contribution in [3.63, 3.8) is 0 Å². The van der Waals surface area contributed by atoms with E-state index in [2.05, 4.69) is 0 Å². The Balaban J connectivity index is 1.49. The highest BCUT2D eigenvalue weighted by Gasteiger charge is 2.54. The number of methoxy groups -OCH3 is 3. The number of piperidine rings is 1. The van der Waals surface area contributed by atoms with E-state index in [1.807, 2.05) is 51.2 Å². The van der Waals surface area contributed by atoms with Crippen LogP contribution in [0, 0.1) is 47.3 Å². The number of allylic oxidation sites excluding steroid dienone is 6. The summed E-state index contributed by atoms with van der Waals surface area (Å²) in [6.07, 6.45) is 12.6. The number of carbonyl (C=O) groups excluding carboxylic acids is 5. The summed E-state index contributed by atoms with van der Waals surface area (Å²) in [5.41, 5.74) is 1.33. The van der Waals surface area contributed by atoms with Gasteiger partial charge in [-0.15, -0.1) is 0 Å². The van der Waals surface area contributed by atoms with Crippen LogP contribution >= 0.6 is 0 Å². The zero-order chi connectivity index (χ0) is 47.0. The number of carbonyl (C=O) groups is 5. The van der Waals surface area contributed by atoms with Gasteiger partial charge in [0, 0.05) is 64.9 Å². The van der Waals surface area contributed by atoms with Crippen LogP contribution in [-0.2, 0) is 42.9 Å². The van der Waals surface area contributed by atoms with Crippen LogP contribution in [0.3, 0.4) is 0 Å². The van der Waals surface area contributed by atoms with Gasteiger partial charge in [-0.2, -0.15) is 0 Å². The Morgan fingerprint density at radius 3 is 2.19 bits per heavy atom. The van der Waals surface area contributed by atoms with Crippen LogP contribution in [-0.4, -0.2) is 126 Å². The van der Waals surface area contributed by atoms with Crippen LogP contribution in [0.25, 0.3) is 0 Å². The van der Waals surface area contributed by atoms with Crippen LogP contribution in [0.2, 0.25) is 0 Å². The third kappa shape index (κ3) is 12.2. The predicted octanol–water partition coefficient (Wildman–Crippen LogP) is 6.06. The molecule has 0 aromatic rings. The minimum Gasteiger partial charge on any atom is -0.390 e. The van der Waals surface area contributed by atoms with Crippen LogP contribution in [0.15, 0.2) is 47.6 Å². The Hall–Kier alpha value is -3.17. The molecule has 2 saturated heterocycles. The number of nitrogens with zero attached hydrogens (tertiary/aromatic N) is 1. The lowest BCUT2D eigenvalue weighted by molar-refractivity contribution is -0.265. The normalized spacial score (nSPS) is 43.3. The number of hydrogen-bond acceptors (Lipinski definition) is 12. The quantitative estimate of drug-likeness (QED) is 0.214. The topological polar surface area (TPSA) is 186 Å². The highest BCUT2D eigenvalue weighted by atomic mass is 16.6. The van der Waals surface area contributed by atoms with Gasteiger partial charge >= 0.3 is 0 Å². The van der Waals surface area contributed by atoms with E-state index >= 15 is 0 Å². The maximum Gasteiger partial charge on any atom is 0.296 e. The van der Waals surface area contributed by atoms with Crippen LogP contribution in [0.5, 0.6) is 0 Å². The van der Waals surface area contributed by atoms with Gasteiger partial charge in [0.2, 0.25) is 5.79 Å². The molecule has 5 rings (SSSR count). The molecule has 64 heavy (non-hydrogen) atoms. The number of ether oxygens (including phenoxy) is 4. The number of hydrogen-bond donors (Lipinski definition) is 3. The highest BCUT2D eigenvalue weighted by molar-refractivity contribution is 6.39. The first-order valence-electron chi connectivity index (χ1n) is 23.8. The van der Waals surface area contributed by atoms with Crippen molar-refractivity contribution >= 4 is 29.0 Å². The Kier molecular flexibility index (Phi) is 18.6. The summed E-state index contributed by atoms with van der Waals surface area (Å²) < 4.78 is 23.3. The smallest absolute Gasteiger partial charge is 0.296 e. The fourth-order valence-corrected chi connectivity index (χ4v) is 11.3. The van der Waals surface area contributed by atoms with Crippen molar-refractivity contribution < 1.29 is 58.2 Å². The van der Waals surface area contributed by atoms with Gasteiger partial charge in [-0.05, 0) is 112 Å². The molecule has 16 atom stereocenters. The molecule has 0 aromatic carbocycles. The lowest BCUT2D eigenvalue weighted by Gasteiger charge is -2.44. The van der Waals surface area contributed by atoms with E-state index in [0.29, 0.717) is 63.4 Å². The number of aliphatic hydroxyl groups excluding tert-OH is 2. The largest absolute Gasteiger partial charge is 0.390 e. The SMILES string of the molecule is CO[C@H]1C[C@@H]2CC[C@@H](C)[C@@](O)(O2)C(=O)C(=O)N2CC[C@H]3C[C@H]2C(=O)C[C@@H](CC(=O)[C@H](C)/C=C(\C)[C@H](O)[C@@H](OC)C(=O)[C@H](C)C[C@H](C)/C=C/C=C/C=C/1C)C3C[C@@H]1CC[C@@H](O)[C@H](OC)C1. The van der Waals surface area contributed by atoms with E-state index in [4.69, 9.17) is 18.9 Å². The predicted molar refractivity (Wildman–Crippen MR) is 242 cm³/mol. The fourth-order valence-electron chi connectivity index (χ4n) is 11.3. The number of fused-ring (bicyclic) bond motifs is 5. The molecule has 13 heteroatoms. The molecule has 2 saturated carbocycles. The summed E-state index contributed by atoms with van der Waals surface area (Å²) in [7, 11) is 4.59. The molecular formula is C51H77NO12. The summed E-state index contributed by atoms with van der Waals surface area (Å²) in [6, 6.07) is -0.899. The van der Waals surface area contributed by atoms with Crippen LogP contribution < -0.4 is 0 Å². The molecule has 3 heterocycles. The molecule has 358 valence electrons. The lowest BCUT2D eigenvalue weighted by atomic mass is 9.68. The van der Waals surface area contributed by atoms with Gasteiger partial charge in [0.1, 0.15) is 18.0 Å². The van der Waals surface area contributed by atoms with Gasteiger partial charge in [0.25, 0.3) is 11.7 Å². The molecule has 1 amide bonds. The second-order valence-electron chi connectivity index (χ2n) is 20.0. The lowest BCUT2D eigenvalue weighted by Crippen LogP contribution is -2.61. The van der Waals surface area contributed by atoms with Gasteiger partial charge in [-0.25, -0.2) is 0 Å². The third-order valence-electron chi connectivity index (χ3n) is 15.5. The monoisotopic (exact) mass is 896 g/mol. The maximum atomic E-state index is 14.5. The molecule has 0 aromatic heterocycles. The fraction of sp³-hybridized carbons (Fsp3) is 0.745. The van der Waals surface area contributed by atoms with Gasteiger partial charge in [-0.3, -0.25) is 24.0 Å². The van der Waals surface area contributed by atoms with Crippen molar-refractivity contribution in [3.05, 3.63) is 47.6 Å². The molecular weight excluding hydrogens is 819 g/mol. The van der Waals surface area contributed by atoms with E-state index in [1.165, 1.54) is 12.0 Å². The van der Waals surface area contributed by atoms with E-state index in [-0.39, 0.29) is 72.4 Å². The number of aliphatic hydroxyl groups is 3. The Morgan fingerprint density at radius 2 is 1.50 bits per heavy atom. The number of Topliss-reactive ketones (excluding diaryl/α,β-unsaturated/α-hetero) is 4. The molecule has 2 aliphatic carbocycles. The van der Waals surface area contributed by atoms with Gasteiger partial charge in [0.05, 0.1) is 30.5 Å². The molecule has 5 bridgehead atoms. The van der Waals surface area contributed by atoms with Crippen LogP contribution in [0.1, 0.15) is 119 Å². The van der Waals surface area contributed by atoms with Gasteiger partial charge in [-0.1, -0.05) is 64.2 Å². The Labute approximate surface area is 381 Å². The zero-order valence-electron chi connectivity index (χ0n) is 39.8. The summed E-state index contributed by atoms with van der Waals surface area (Å²) in [4.78, 5) is 72.3. The minimum absolute atomic E-state index is 0.0286. The summed E-state index contributed by atoms with van der Waals surface area (Å²) in [6.45, 7) is 11.1. The second-order valence-corrected chi connectivity index (χ2v) is 20.0. The molecule has 3 N–H and O–H groups in total. The van der Waals surface area contributed by atoms with E-state index in [1.54, 1.807) is 41.1 Å². The molecule has 5 aliphatic rings. The van der Waals surface area contributed by atoms with Crippen molar-refractivity contribution in [2.45, 2.75) is 167 Å². The van der Waals surface area contributed by atoms with Crippen molar-refractivity contribution in [1.82, 2.24) is 4.90 Å². The van der Waals surface area contributed by atoms with Gasteiger partial charge < -0.3 is 39.2 Å². The van der Waals surface area contributed by atoms with E-state index in [9.17, 15) is 39.3 Å². The first kappa shape index (κ1) is 51.8. The van der Waals surface area contributed by atoms with Crippen molar-refractivity contribution in [1.29, 1.82) is 0 Å². The number of rotatable bonds is 5. The molecule has 0 radical (unpaired) electrons. The minimum atomic E-state index is -2.38. The molecule has 4 fully saturated rings. The van der Waals surface area contributed by atoms with Gasteiger partial charge in [0.15, 0.2) is 11.6 Å². The average molecular weight is 896 g/mol. The first-order valence-corrected chi connectivity index (χ1v) is 23.8. The zero-order valence-corrected chi connectivity index (χ0v) is 39.8. The highest BCUT2D eigenvalue weighted by Crippen LogP contribution is 2.46. The number of amides is 1. The van der Waals surface area contributed by atoms with Crippen LogP contribution in [0.4, 0.5) is 0 Å². The Morgan fingerprint density at radius 1 is 0.781 bits per heavy atom. The molecule has 3 aliphatic heterocycles. The van der Waals surface area contributed by atoms with E-state index in [0.717, 1.165) is 12.0 Å². The van der Waals surface area contributed by atoms with Crippen molar-refractivity contribution in [2.75, 3.05) is 27.9 Å². The van der Waals surface area contributed by atoms with E-state index < -0.39 is 71.8 Å². The summed E-state index contributed by atoms with van der Waals surface area (Å²) >= 11 is 0. The summed E-state index contributed by atoms with van der Waals surface area (Å²) in [5, 5.41) is 34.0. The molecule has 0 spiro atoms. The first-order chi connectivity index (χ1) is 30.3. The Bertz CT molecular complexity index is 1790. The standard InChI is InChI=1S/C51H77NO12/c1-29-13-11-10-12-14-30(2)44(61-7)28-38-17-15-34(6)51(60,64-38)49(58)50(59)52-20-19-36-25-40(52)43(55)27-37(39(36)23-35-16-18-41(53)45(24-35)62-8)26-42(54)31(3)22-33(5)47(57)48(63-9)46(56)32(4)21-29/h10-14,22,29,31-32,34-41,44-45,47-48,53,57,60H,15-21,23-28H2,1-9H3/b12-10+,13-11+,30-14+,33-22+/t29-,31-,32-,34-,35+,36+,37-,38+,39?,40+,41-,44+,45-,47+,48+,51-/m1/s1. The average Bonchev–Trinajstić information content (AvgIpc) is 3.36. The second kappa shape index (κ2) is 23.0. The number of ketones is 4. The maximum absolute atomic E-state index is 14.5. The molecule has 1 unspecified atom stereocenters. The van der Waals surface area contributed by atoms with Crippen molar-refractivity contribution in [3.8, 4) is 0 Å². The molecule has 13 nitrogen and oxygen atoms in total.